The Labute approximate surface area is 212 Å². The average Bonchev–Trinajstić information content (AvgIpc) is 3.26. The van der Waals surface area contributed by atoms with Crippen molar-refractivity contribution in [1.82, 2.24) is 24.5 Å². The number of halogens is 4. The molecule has 0 amide bonds. The van der Waals surface area contributed by atoms with Crippen LogP contribution in [-0.4, -0.2) is 50.7 Å². The number of benzene rings is 1. The van der Waals surface area contributed by atoms with E-state index in [4.69, 9.17) is 11.6 Å². The third-order valence-electron chi connectivity index (χ3n) is 6.35. The van der Waals surface area contributed by atoms with E-state index in [2.05, 4.69) is 25.3 Å². The molecule has 6 nitrogen and oxygen atoms in total. The summed E-state index contributed by atoms with van der Waals surface area (Å²) in [6.07, 6.45) is 2.97. The van der Waals surface area contributed by atoms with Crippen LogP contribution in [0.1, 0.15) is 31.2 Å². The fourth-order valence-corrected chi connectivity index (χ4v) is 4.77. The molecule has 10 heteroatoms. The van der Waals surface area contributed by atoms with Crippen molar-refractivity contribution >= 4 is 23.1 Å². The molecule has 36 heavy (non-hydrogen) atoms. The van der Waals surface area contributed by atoms with Crippen molar-refractivity contribution in [3.8, 4) is 22.5 Å². The zero-order valence-electron chi connectivity index (χ0n) is 19.6. The fourth-order valence-electron chi connectivity index (χ4n) is 4.58. The Morgan fingerprint density at radius 3 is 2.64 bits per heavy atom. The second-order valence-electron chi connectivity index (χ2n) is 8.93. The van der Waals surface area contributed by atoms with Gasteiger partial charge in [0, 0.05) is 29.5 Å². The quantitative estimate of drug-likeness (QED) is 0.288. The molecule has 0 atom stereocenters. The molecule has 1 aliphatic heterocycles. The zero-order chi connectivity index (χ0) is 25.1. The summed E-state index contributed by atoms with van der Waals surface area (Å²) in [5.74, 6) is 0.467. The minimum Gasteiger partial charge on any atom is -0.354 e. The van der Waals surface area contributed by atoms with E-state index in [1.165, 1.54) is 29.8 Å². The smallest absolute Gasteiger partial charge is 0.354 e. The second-order valence-corrected chi connectivity index (χ2v) is 9.36. The Hall–Kier alpha value is -3.17. The van der Waals surface area contributed by atoms with E-state index in [0.29, 0.717) is 39.0 Å². The SMILES string of the molecule is FC(F)(F)c1ccc2c(-c3ccnc(NCCCN4CCCCC4)n3)c(-c3cccc(Cl)c3)nn2c1. The van der Waals surface area contributed by atoms with Crippen LogP contribution in [-0.2, 0) is 6.18 Å². The van der Waals surface area contributed by atoms with Gasteiger partial charge < -0.3 is 10.2 Å². The van der Waals surface area contributed by atoms with E-state index >= 15 is 0 Å². The normalized spacial score (nSPS) is 14.9. The Kier molecular flexibility index (Phi) is 7.11. The lowest BCUT2D eigenvalue weighted by Gasteiger charge is -2.26. The van der Waals surface area contributed by atoms with Gasteiger partial charge in [-0.15, -0.1) is 0 Å². The van der Waals surface area contributed by atoms with E-state index in [-0.39, 0.29) is 0 Å². The number of nitrogens with one attached hydrogen (secondary N) is 1. The zero-order valence-corrected chi connectivity index (χ0v) is 20.4. The molecule has 0 radical (unpaired) electrons. The molecule has 188 valence electrons. The predicted molar refractivity (Wildman–Crippen MR) is 135 cm³/mol. The first-order valence-electron chi connectivity index (χ1n) is 12.0. The highest BCUT2D eigenvalue weighted by atomic mass is 35.5. The number of fused-ring (bicyclic) bond motifs is 1. The first kappa shape index (κ1) is 24.5. The summed E-state index contributed by atoms with van der Waals surface area (Å²) in [6, 6.07) is 11.3. The molecule has 1 aromatic carbocycles. The maximum Gasteiger partial charge on any atom is 0.417 e. The van der Waals surface area contributed by atoms with Gasteiger partial charge in [-0.3, -0.25) is 0 Å². The van der Waals surface area contributed by atoms with Gasteiger partial charge in [0.2, 0.25) is 5.95 Å². The van der Waals surface area contributed by atoms with E-state index in [1.54, 1.807) is 30.5 Å². The molecule has 4 heterocycles. The van der Waals surface area contributed by atoms with Gasteiger partial charge in [0.15, 0.2) is 0 Å². The number of piperidine rings is 1. The average molecular weight is 515 g/mol. The summed E-state index contributed by atoms with van der Waals surface area (Å²) < 4.78 is 41.3. The molecule has 1 saturated heterocycles. The van der Waals surface area contributed by atoms with E-state index in [1.807, 2.05) is 6.07 Å². The molecule has 3 aromatic heterocycles. The molecule has 1 aliphatic rings. The van der Waals surface area contributed by atoms with Crippen molar-refractivity contribution in [2.24, 2.45) is 0 Å². The first-order valence-corrected chi connectivity index (χ1v) is 12.4. The Bertz CT molecular complexity index is 1350. The summed E-state index contributed by atoms with van der Waals surface area (Å²) in [5.41, 5.74) is 2.09. The second kappa shape index (κ2) is 10.4. The predicted octanol–water partition coefficient (Wildman–Crippen LogP) is 6.42. The minimum absolute atomic E-state index is 0.467. The molecule has 0 aliphatic carbocycles. The van der Waals surface area contributed by atoms with Crippen molar-refractivity contribution in [2.75, 3.05) is 31.5 Å². The van der Waals surface area contributed by atoms with Gasteiger partial charge in [-0.1, -0.05) is 30.2 Å². The van der Waals surface area contributed by atoms with E-state index < -0.39 is 11.7 Å². The molecular weight excluding hydrogens is 489 g/mol. The van der Waals surface area contributed by atoms with Gasteiger partial charge in [-0.25, -0.2) is 14.5 Å². The van der Waals surface area contributed by atoms with Crippen LogP contribution in [0.15, 0.2) is 54.9 Å². The van der Waals surface area contributed by atoms with Crippen LogP contribution >= 0.6 is 11.6 Å². The van der Waals surface area contributed by atoms with Crippen molar-refractivity contribution in [1.29, 1.82) is 0 Å². The molecule has 1 fully saturated rings. The number of alkyl halides is 3. The number of likely N-dealkylation sites (tertiary alicyclic amines) is 1. The standard InChI is InChI=1S/C26H26ClF3N6/c27-20-7-4-6-18(16-20)24-23(22-9-8-19(26(28,29)30)17-36(22)34-24)21-10-12-32-25(33-21)31-11-5-15-35-13-2-1-3-14-35/h4,6-10,12,16-17H,1-3,5,11,13-15H2,(H,31,32,33). The summed E-state index contributed by atoms with van der Waals surface area (Å²) in [7, 11) is 0. The van der Waals surface area contributed by atoms with Crippen LogP contribution in [0.2, 0.25) is 5.02 Å². The highest BCUT2D eigenvalue weighted by Crippen LogP contribution is 2.37. The van der Waals surface area contributed by atoms with Crippen LogP contribution < -0.4 is 5.32 Å². The number of rotatable bonds is 7. The van der Waals surface area contributed by atoms with Crippen molar-refractivity contribution in [2.45, 2.75) is 31.9 Å². The largest absolute Gasteiger partial charge is 0.417 e. The van der Waals surface area contributed by atoms with Crippen molar-refractivity contribution < 1.29 is 13.2 Å². The van der Waals surface area contributed by atoms with Crippen LogP contribution in [0.4, 0.5) is 19.1 Å². The molecule has 5 rings (SSSR count). The number of anilines is 1. The van der Waals surface area contributed by atoms with Crippen molar-refractivity contribution in [3.63, 3.8) is 0 Å². The Balaban J connectivity index is 1.46. The van der Waals surface area contributed by atoms with Crippen LogP contribution in [0.25, 0.3) is 28.0 Å². The third kappa shape index (κ3) is 5.47. The van der Waals surface area contributed by atoms with Crippen LogP contribution in [0.3, 0.4) is 0 Å². The molecule has 1 N–H and O–H groups in total. The maximum absolute atomic E-state index is 13.4. The number of nitrogens with zero attached hydrogens (tertiary/aromatic N) is 5. The molecule has 0 unspecified atom stereocenters. The van der Waals surface area contributed by atoms with Gasteiger partial charge >= 0.3 is 6.18 Å². The monoisotopic (exact) mass is 514 g/mol. The third-order valence-corrected chi connectivity index (χ3v) is 6.58. The summed E-state index contributed by atoms with van der Waals surface area (Å²) in [4.78, 5) is 11.5. The number of hydrogen-bond donors (Lipinski definition) is 1. The van der Waals surface area contributed by atoms with E-state index in [9.17, 15) is 13.2 Å². The fraction of sp³-hybridized carbons (Fsp3) is 0.346. The van der Waals surface area contributed by atoms with E-state index in [0.717, 1.165) is 44.9 Å². The van der Waals surface area contributed by atoms with Crippen molar-refractivity contribution in [3.05, 3.63) is 65.4 Å². The minimum atomic E-state index is -4.48. The summed E-state index contributed by atoms with van der Waals surface area (Å²) in [6.45, 7) is 4.07. The van der Waals surface area contributed by atoms with Gasteiger partial charge in [0.25, 0.3) is 0 Å². The maximum atomic E-state index is 13.4. The highest BCUT2D eigenvalue weighted by molar-refractivity contribution is 6.30. The lowest BCUT2D eigenvalue weighted by Crippen LogP contribution is -2.31. The summed E-state index contributed by atoms with van der Waals surface area (Å²) >= 11 is 6.21. The molecule has 0 saturated carbocycles. The topological polar surface area (TPSA) is 58.4 Å². The first-order chi connectivity index (χ1) is 17.4. The number of pyridine rings is 1. The van der Waals surface area contributed by atoms with Crippen LogP contribution in [0.5, 0.6) is 0 Å². The summed E-state index contributed by atoms with van der Waals surface area (Å²) in [5, 5.41) is 8.29. The lowest BCUT2D eigenvalue weighted by molar-refractivity contribution is -0.137. The highest BCUT2D eigenvalue weighted by Gasteiger charge is 2.31. The lowest BCUT2D eigenvalue weighted by atomic mass is 10.0. The molecule has 0 spiro atoms. The number of aromatic nitrogens is 4. The Morgan fingerprint density at radius 2 is 1.86 bits per heavy atom. The van der Waals surface area contributed by atoms with Gasteiger partial charge in [0.1, 0.15) is 5.69 Å². The molecular formula is C26H26ClF3N6. The van der Waals surface area contributed by atoms with Gasteiger partial charge in [0.05, 0.1) is 22.3 Å². The Morgan fingerprint density at radius 1 is 1.03 bits per heavy atom. The van der Waals surface area contributed by atoms with Crippen LogP contribution in [0, 0.1) is 0 Å². The van der Waals surface area contributed by atoms with Gasteiger partial charge in [-0.2, -0.15) is 18.3 Å². The number of hydrogen-bond acceptors (Lipinski definition) is 5. The molecule has 0 bridgehead atoms. The van der Waals surface area contributed by atoms with Gasteiger partial charge in [-0.05, 0) is 69.2 Å². The molecule has 4 aromatic rings.